The van der Waals surface area contributed by atoms with Gasteiger partial charge in [0.1, 0.15) is 12.6 Å². The van der Waals surface area contributed by atoms with E-state index in [0.717, 1.165) is 26.2 Å². The molecule has 0 fully saturated rings. The predicted octanol–water partition coefficient (Wildman–Crippen LogP) is 6.73. The van der Waals surface area contributed by atoms with Crippen LogP contribution in [0.15, 0.2) is 71.2 Å². The summed E-state index contributed by atoms with van der Waals surface area (Å²) in [7, 11) is -4.01. The molecule has 0 aromatic heterocycles. The van der Waals surface area contributed by atoms with Crippen LogP contribution in [-0.2, 0) is 32.6 Å². The van der Waals surface area contributed by atoms with Crippen molar-refractivity contribution in [3.63, 3.8) is 0 Å². The first kappa shape index (κ1) is 33.2. The Morgan fingerprint density at radius 1 is 0.927 bits per heavy atom. The van der Waals surface area contributed by atoms with Crippen LogP contribution >= 0.6 is 50.7 Å². The van der Waals surface area contributed by atoms with Gasteiger partial charge in [-0.15, -0.1) is 0 Å². The Kier molecular flexibility index (Phi) is 11.9. The van der Waals surface area contributed by atoms with Gasteiger partial charge in [-0.2, -0.15) is 0 Å². The Morgan fingerprint density at radius 2 is 1.54 bits per heavy atom. The van der Waals surface area contributed by atoms with Crippen LogP contribution in [0.4, 0.5) is 5.69 Å². The SMILES string of the molecule is CC[C@H](C)NC(=O)[C@@H](Cc1ccccc1)N(Cc1ccc(Br)cc1)C(=O)CN(c1cc(Cl)c(Cl)cc1Cl)S(C)(=O)=O. The maximum atomic E-state index is 14.1. The Morgan fingerprint density at radius 3 is 2.12 bits per heavy atom. The van der Waals surface area contributed by atoms with Crippen molar-refractivity contribution in [1.29, 1.82) is 0 Å². The van der Waals surface area contributed by atoms with Crippen molar-refractivity contribution in [2.24, 2.45) is 0 Å². The van der Waals surface area contributed by atoms with Gasteiger partial charge in [0.25, 0.3) is 0 Å². The highest BCUT2D eigenvalue weighted by Gasteiger charge is 2.34. The fourth-order valence-electron chi connectivity index (χ4n) is 4.08. The van der Waals surface area contributed by atoms with E-state index < -0.39 is 28.5 Å². The summed E-state index contributed by atoms with van der Waals surface area (Å²) < 4.78 is 27.6. The summed E-state index contributed by atoms with van der Waals surface area (Å²) in [5.41, 5.74) is 1.61. The van der Waals surface area contributed by atoms with Gasteiger partial charge in [0.2, 0.25) is 21.8 Å². The molecule has 0 spiro atoms. The number of sulfonamides is 1. The molecule has 0 aliphatic heterocycles. The molecule has 3 rings (SSSR count). The maximum absolute atomic E-state index is 14.1. The zero-order chi connectivity index (χ0) is 30.3. The topological polar surface area (TPSA) is 86.8 Å². The Balaban J connectivity index is 2.09. The van der Waals surface area contributed by atoms with Gasteiger partial charge in [-0.05, 0) is 48.7 Å². The molecule has 0 unspecified atom stereocenters. The number of benzene rings is 3. The van der Waals surface area contributed by atoms with Gasteiger partial charge in [0.15, 0.2) is 0 Å². The van der Waals surface area contributed by atoms with Crippen LogP contribution in [0.3, 0.4) is 0 Å². The molecular weight excluding hydrogens is 673 g/mol. The molecule has 0 aliphatic rings. The highest BCUT2D eigenvalue weighted by atomic mass is 79.9. The van der Waals surface area contributed by atoms with Crippen molar-refractivity contribution < 1.29 is 18.0 Å². The molecule has 1 N–H and O–H groups in total. The van der Waals surface area contributed by atoms with Gasteiger partial charge in [-0.3, -0.25) is 13.9 Å². The number of hydrogen-bond donors (Lipinski definition) is 1. The number of hydrogen-bond acceptors (Lipinski definition) is 4. The normalized spacial score (nSPS) is 12.9. The molecular formula is C29H31BrCl3N3O4S. The van der Waals surface area contributed by atoms with Gasteiger partial charge in [0, 0.05) is 23.5 Å². The molecule has 0 heterocycles. The van der Waals surface area contributed by atoms with Crippen LogP contribution < -0.4 is 9.62 Å². The first-order chi connectivity index (χ1) is 19.3. The summed E-state index contributed by atoms with van der Waals surface area (Å²) in [4.78, 5) is 29.2. The monoisotopic (exact) mass is 701 g/mol. The Labute approximate surface area is 264 Å². The van der Waals surface area contributed by atoms with Crippen molar-refractivity contribution in [2.45, 2.75) is 45.3 Å². The van der Waals surface area contributed by atoms with E-state index in [0.29, 0.717) is 6.42 Å². The van der Waals surface area contributed by atoms with E-state index in [-0.39, 0.29) is 45.7 Å². The lowest BCUT2D eigenvalue weighted by Gasteiger charge is -2.34. The van der Waals surface area contributed by atoms with Gasteiger partial charge < -0.3 is 10.2 Å². The Bertz CT molecular complexity index is 1470. The molecule has 0 radical (unpaired) electrons. The fraction of sp³-hybridized carbons (Fsp3) is 0.310. The van der Waals surface area contributed by atoms with E-state index in [1.54, 1.807) is 0 Å². The molecule has 220 valence electrons. The fourth-order valence-corrected chi connectivity index (χ4v) is 5.89. The molecule has 0 aliphatic carbocycles. The summed E-state index contributed by atoms with van der Waals surface area (Å²) in [6, 6.07) is 18.2. The van der Waals surface area contributed by atoms with Crippen LogP contribution in [0.2, 0.25) is 15.1 Å². The quantitative estimate of drug-likeness (QED) is 0.212. The first-order valence-corrected chi connectivity index (χ1v) is 16.6. The zero-order valence-corrected chi connectivity index (χ0v) is 27.5. The smallest absolute Gasteiger partial charge is 0.244 e. The summed E-state index contributed by atoms with van der Waals surface area (Å²) in [6.07, 6.45) is 1.88. The lowest BCUT2D eigenvalue weighted by Crippen LogP contribution is -2.54. The van der Waals surface area contributed by atoms with E-state index in [9.17, 15) is 18.0 Å². The molecule has 3 aromatic rings. The van der Waals surface area contributed by atoms with Crippen LogP contribution in [0, 0.1) is 0 Å². The van der Waals surface area contributed by atoms with Crippen molar-refractivity contribution in [3.05, 3.63) is 97.4 Å². The number of amides is 2. The minimum Gasteiger partial charge on any atom is -0.352 e. The maximum Gasteiger partial charge on any atom is 0.244 e. The Hall–Kier alpha value is -2.30. The van der Waals surface area contributed by atoms with Crippen LogP contribution in [0.25, 0.3) is 0 Å². The van der Waals surface area contributed by atoms with E-state index >= 15 is 0 Å². The average molecular weight is 704 g/mol. The summed E-state index contributed by atoms with van der Waals surface area (Å²) in [6.45, 7) is 3.28. The molecule has 2 atom stereocenters. The first-order valence-electron chi connectivity index (χ1n) is 12.8. The summed E-state index contributed by atoms with van der Waals surface area (Å²) >= 11 is 22.0. The summed E-state index contributed by atoms with van der Waals surface area (Å²) in [5, 5.41) is 3.22. The number of halogens is 4. The second-order valence-corrected chi connectivity index (χ2v) is 13.7. The molecule has 7 nitrogen and oxygen atoms in total. The number of rotatable bonds is 12. The molecule has 3 aromatic carbocycles. The zero-order valence-electron chi connectivity index (χ0n) is 22.8. The average Bonchev–Trinajstić information content (AvgIpc) is 2.92. The van der Waals surface area contributed by atoms with Crippen molar-refractivity contribution in [3.8, 4) is 0 Å². The molecule has 41 heavy (non-hydrogen) atoms. The van der Waals surface area contributed by atoms with E-state index in [2.05, 4.69) is 21.2 Å². The van der Waals surface area contributed by atoms with E-state index in [4.69, 9.17) is 34.8 Å². The molecule has 12 heteroatoms. The third kappa shape index (κ3) is 9.35. The molecule has 0 saturated heterocycles. The third-order valence-corrected chi connectivity index (χ3v) is 9.16. The van der Waals surface area contributed by atoms with Crippen LogP contribution in [0.1, 0.15) is 31.4 Å². The molecule has 0 bridgehead atoms. The molecule has 2 amide bonds. The molecule has 0 saturated carbocycles. The van der Waals surface area contributed by atoms with Crippen LogP contribution in [-0.4, -0.2) is 50.0 Å². The number of carbonyl (C=O) groups is 2. The predicted molar refractivity (Wildman–Crippen MR) is 170 cm³/mol. The van der Waals surface area contributed by atoms with Crippen molar-refractivity contribution in [2.75, 3.05) is 17.1 Å². The van der Waals surface area contributed by atoms with Crippen molar-refractivity contribution in [1.82, 2.24) is 10.2 Å². The largest absolute Gasteiger partial charge is 0.352 e. The lowest BCUT2D eigenvalue weighted by molar-refractivity contribution is -0.140. The standard InChI is InChI=1S/C29H31BrCl3N3O4S/c1-4-19(2)34-29(38)27(14-20-8-6-5-7-9-20)35(17-21-10-12-22(30)13-11-21)28(37)18-36(41(3,39)40)26-16-24(32)23(31)15-25(26)33/h5-13,15-16,19,27H,4,14,17-18H2,1-3H3,(H,34,38)/t19-,27+/m0/s1. The highest BCUT2D eigenvalue weighted by Crippen LogP contribution is 2.35. The van der Waals surface area contributed by atoms with Crippen LogP contribution in [0.5, 0.6) is 0 Å². The summed E-state index contributed by atoms with van der Waals surface area (Å²) in [5.74, 6) is -0.937. The van der Waals surface area contributed by atoms with Gasteiger partial charge in [-0.1, -0.05) is 100 Å². The van der Waals surface area contributed by atoms with E-state index in [1.807, 2.05) is 68.4 Å². The number of anilines is 1. The minimum atomic E-state index is -4.01. The third-order valence-electron chi connectivity index (χ3n) is 6.48. The van der Waals surface area contributed by atoms with Crippen molar-refractivity contribution >= 4 is 78.3 Å². The lowest BCUT2D eigenvalue weighted by atomic mass is 10.0. The number of carbonyl (C=O) groups excluding carboxylic acids is 2. The number of nitrogens with zero attached hydrogens (tertiary/aromatic N) is 2. The van der Waals surface area contributed by atoms with E-state index in [1.165, 1.54) is 17.0 Å². The second kappa shape index (κ2) is 14.7. The highest BCUT2D eigenvalue weighted by molar-refractivity contribution is 9.10. The number of nitrogens with one attached hydrogen (secondary N) is 1. The van der Waals surface area contributed by atoms with Gasteiger partial charge >= 0.3 is 0 Å². The second-order valence-electron chi connectivity index (χ2n) is 9.66. The van der Waals surface area contributed by atoms with Gasteiger partial charge in [0.05, 0.1) is 27.0 Å². The minimum absolute atomic E-state index is 0.00387. The van der Waals surface area contributed by atoms with Gasteiger partial charge in [-0.25, -0.2) is 8.42 Å².